The third-order valence-electron chi connectivity index (χ3n) is 3.13. The van der Waals surface area contributed by atoms with Gasteiger partial charge in [0, 0.05) is 0 Å². The van der Waals surface area contributed by atoms with E-state index < -0.39 is 15.1 Å². The summed E-state index contributed by atoms with van der Waals surface area (Å²) in [5.41, 5.74) is 1.08. The van der Waals surface area contributed by atoms with Gasteiger partial charge in [-0.05, 0) is 31.9 Å². The number of aryl methyl sites for hydroxylation is 1. The molecule has 1 aromatic rings. The first-order valence-corrected chi connectivity index (χ1v) is 8.54. The maximum Gasteiger partial charge on any atom is 0.184 e. The second-order valence-corrected chi connectivity index (χ2v) is 7.07. The smallest absolute Gasteiger partial charge is 0.184 e. The van der Waals surface area contributed by atoms with Crippen LogP contribution in [0.1, 0.15) is 45.1 Å². The third kappa shape index (κ3) is 4.50. The summed E-state index contributed by atoms with van der Waals surface area (Å²) in [6.45, 7) is 6.07. The molecule has 0 aliphatic heterocycles. The standard InChI is InChI=1S/C16H24O2S/c1-4-6-7-9-15(8-5-2)19(17,18)16-12-10-14(3)11-13-16/h7,9-13,15H,4-6,8H2,1-3H3/b9-7-. The van der Waals surface area contributed by atoms with Crippen LogP contribution in [0.4, 0.5) is 0 Å². The van der Waals surface area contributed by atoms with Crippen molar-refractivity contribution in [1.29, 1.82) is 0 Å². The Morgan fingerprint density at radius 2 is 1.74 bits per heavy atom. The number of unbranched alkanes of at least 4 members (excludes halogenated alkanes) is 1. The van der Waals surface area contributed by atoms with Gasteiger partial charge in [-0.1, -0.05) is 56.5 Å². The normalized spacial score (nSPS) is 13.8. The Morgan fingerprint density at radius 3 is 2.26 bits per heavy atom. The van der Waals surface area contributed by atoms with Crippen molar-refractivity contribution in [3.05, 3.63) is 42.0 Å². The topological polar surface area (TPSA) is 34.1 Å². The molecule has 0 fully saturated rings. The fraction of sp³-hybridized carbons (Fsp3) is 0.500. The molecule has 0 aliphatic carbocycles. The lowest BCUT2D eigenvalue weighted by Gasteiger charge is -2.13. The van der Waals surface area contributed by atoms with Gasteiger partial charge < -0.3 is 0 Å². The Labute approximate surface area is 117 Å². The van der Waals surface area contributed by atoms with Crippen LogP contribution in [0, 0.1) is 6.92 Å². The molecule has 0 heterocycles. The van der Waals surface area contributed by atoms with Crippen LogP contribution in [-0.4, -0.2) is 13.7 Å². The molecule has 0 bridgehead atoms. The largest absolute Gasteiger partial charge is 0.223 e. The Kier molecular flexibility index (Phi) is 6.29. The van der Waals surface area contributed by atoms with Crippen molar-refractivity contribution in [2.24, 2.45) is 0 Å². The lowest BCUT2D eigenvalue weighted by Crippen LogP contribution is -2.19. The Hall–Kier alpha value is -1.09. The second-order valence-electron chi connectivity index (χ2n) is 4.90. The van der Waals surface area contributed by atoms with E-state index in [1.54, 1.807) is 12.1 Å². The average Bonchev–Trinajstić information content (AvgIpc) is 2.38. The average molecular weight is 280 g/mol. The molecule has 0 aromatic heterocycles. The molecule has 0 saturated carbocycles. The zero-order valence-corrected chi connectivity index (χ0v) is 12.9. The van der Waals surface area contributed by atoms with Crippen molar-refractivity contribution < 1.29 is 8.42 Å². The Bertz CT molecular complexity index is 498. The van der Waals surface area contributed by atoms with E-state index in [4.69, 9.17) is 0 Å². The molecule has 0 amide bonds. The van der Waals surface area contributed by atoms with Crippen molar-refractivity contribution in [2.75, 3.05) is 0 Å². The molecule has 3 heteroatoms. The zero-order chi connectivity index (χ0) is 14.3. The summed E-state index contributed by atoms with van der Waals surface area (Å²) < 4.78 is 25.2. The molecule has 1 rings (SSSR count). The SMILES string of the molecule is CCC/C=C\C(CCC)S(=O)(=O)c1ccc(C)cc1. The van der Waals surface area contributed by atoms with Gasteiger partial charge in [0.05, 0.1) is 10.1 Å². The van der Waals surface area contributed by atoms with E-state index in [9.17, 15) is 8.42 Å². The summed E-state index contributed by atoms with van der Waals surface area (Å²) in [6.07, 6.45) is 7.38. The fourth-order valence-electron chi connectivity index (χ4n) is 1.96. The predicted octanol–water partition coefficient (Wildman–Crippen LogP) is 4.29. The van der Waals surface area contributed by atoms with Crippen molar-refractivity contribution in [3.8, 4) is 0 Å². The monoisotopic (exact) mass is 280 g/mol. The fourth-order valence-corrected chi connectivity index (χ4v) is 3.69. The van der Waals surface area contributed by atoms with Crippen LogP contribution in [-0.2, 0) is 9.84 Å². The van der Waals surface area contributed by atoms with Crippen LogP contribution < -0.4 is 0 Å². The summed E-state index contributed by atoms with van der Waals surface area (Å²) in [4.78, 5) is 0.428. The number of benzene rings is 1. The minimum Gasteiger partial charge on any atom is -0.223 e. The summed E-state index contributed by atoms with van der Waals surface area (Å²) >= 11 is 0. The van der Waals surface area contributed by atoms with Crippen LogP contribution in [0.15, 0.2) is 41.3 Å². The number of hydrogen-bond donors (Lipinski definition) is 0. The number of allylic oxidation sites excluding steroid dienone is 1. The Balaban J connectivity index is 3.01. The highest BCUT2D eigenvalue weighted by Gasteiger charge is 2.24. The van der Waals surface area contributed by atoms with Crippen LogP contribution in [0.5, 0.6) is 0 Å². The van der Waals surface area contributed by atoms with Crippen LogP contribution in [0.2, 0.25) is 0 Å². The minimum absolute atomic E-state index is 0.397. The first kappa shape index (κ1) is 16.0. The first-order valence-electron chi connectivity index (χ1n) is 6.99. The molecule has 2 nitrogen and oxygen atoms in total. The van der Waals surface area contributed by atoms with Gasteiger partial charge in [-0.3, -0.25) is 0 Å². The molecule has 1 aromatic carbocycles. The van der Waals surface area contributed by atoms with E-state index in [1.807, 2.05) is 38.1 Å². The first-order chi connectivity index (χ1) is 9.02. The van der Waals surface area contributed by atoms with Gasteiger partial charge >= 0.3 is 0 Å². The minimum atomic E-state index is -3.25. The molecule has 1 atom stereocenters. The van der Waals surface area contributed by atoms with Crippen molar-refractivity contribution in [1.82, 2.24) is 0 Å². The third-order valence-corrected chi connectivity index (χ3v) is 5.25. The van der Waals surface area contributed by atoms with Gasteiger partial charge in [0.25, 0.3) is 0 Å². The van der Waals surface area contributed by atoms with Gasteiger partial charge in [0.15, 0.2) is 9.84 Å². The van der Waals surface area contributed by atoms with Gasteiger partial charge in [-0.2, -0.15) is 0 Å². The highest BCUT2D eigenvalue weighted by Crippen LogP contribution is 2.21. The summed E-state index contributed by atoms with van der Waals surface area (Å²) in [7, 11) is -3.25. The summed E-state index contributed by atoms with van der Waals surface area (Å²) in [6, 6.07) is 7.12. The highest BCUT2D eigenvalue weighted by atomic mass is 32.2. The molecule has 0 spiro atoms. The van der Waals surface area contributed by atoms with E-state index in [2.05, 4.69) is 6.92 Å². The molecule has 0 saturated heterocycles. The molecule has 19 heavy (non-hydrogen) atoms. The summed E-state index contributed by atoms with van der Waals surface area (Å²) in [5, 5.41) is -0.397. The van der Waals surface area contributed by atoms with E-state index in [0.29, 0.717) is 11.3 Å². The highest BCUT2D eigenvalue weighted by molar-refractivity contribution is 7.92. The van der Waals surface area contributed by atoms with Crippen LogP contribution in [0.3, 0.4) is 0 Å². The lowest BCUT2D eigenvalue weighted by molar-refractivity contribution is 0.582. The predicted molar refractivity (Wildman–Crippen MR) is 81.1 cm³/mol. The maximum absolute atomic E-state index is 12.6. The van der Waals surface area contributed by atoms with E-state index in [0.717, 1.165) is 24.8 Å². The quantitative estimate of drug-likeness (QED) is 0.698. The molecule has 0 aliphatic rings. The maximum atomic E-state index is 12.6. The van der Waals surface area contributed by atoms with E-state index in [-0.39, 0.29) is 0 Å². The Morgan fingerprint density at radius 1 is 1.11 bits per heavy atom. The second kappa shape index (κ2) is 7.49. The zero-order valence-electron chi connectivity index (χ0n) is 12.1. The van der Waals surface area contributed by atoms with Gasteiger partial charge in [0.2, 0.25) is 0 Å². The van der Waals surface area contributed by atoms with Gasteiger partial charge in [0.1, 0.15) is 0 Å². The van der Waals surface area contributed by atoms with Gasteiger partial charge in [-0.25, -0.2) is 8.42 Å². The van der Waals surface area contributed by atoms with Crippen molar-refractivity contribution >= 4 is 9.84 Å². The number of sulfone groups is 1. The van der Waals surface area contributed by atoms with Crippen LogP contribution in [0.25, 0.3) is 0 Å². The molecule has 0 N–H and O–H groups in total. The number of rotatable bonds is 7. The van der Waals surface area contributed by atoms with Crippen LogP contribution >= 0.6 is 0 Å². The summed E-state index contributed by atoms with van der Waals surface area (Å²) in [5.74, 6) is 0. The molecular weight excluding hydrogens is 256 g/mol. The van der Waals surface area contributed by atoms with Crippen molar-refractivity contribution in [3.63, 3.8) is 0 Å². The lowest BCUT2D eigenvalue weighted by atomic mass is 10.2. The van der Waals surface area contributed by atoms with Crippen molar-refractivity contribution in [2.45, 2.75) is 56.6 Å². The number of hydrogen-bond acceptors (Lipinski definition) is 2. The molecule has 106 valence electrons. The van der Waals surface area contributed by atoms with E-state index in [1.165, 1.54) is 0 Å². The molecule has 0 radical (unpaired) electrons. The molecular formula is C16H24O2S. The molecule has 1 unspecified atom stereocenters. The van der Waals surface area contributed by atoms with Gasteiger partial charge in [-0.15, -0.1) is 0 Å². The van der Waals surface area contributed by atoms with E-state index >= 15 is 0 Å².